The van der Waals surface area contributed by atoms with E-state index in [0.717, 1.165) is 6.07 Å². The molecule has 0 saturated heterocycles. The molecule has 0 aliphatic heterocycles. The normalized spacial score (nSPS) is 11.5. The van der Waals surface area contributed by atoms with Crippen LogP contribution in [0.25, 0.3) is 0 Å². The van der Waals surface area contributed by atoms with Crippen LogP contribution in [-0.2, 0) is 6.18 Å². The molecule has 1 aromatic carbocycles. The minimum absolute atomic E-state index is 0.0176. The number of aromatic nitrogens is 1. The zero-order valence-electron chi connectivity index (χ0n) is 9.60. The fourth-order valence-corrected chi connectivity index (χ4v) is 2.18. The van der Waals surface area contributed by atoms with E-state index in [-0.39, 0.29) is 10.8 Å². The van der Waals surface area contributed by atoms with Crippen LogP contribution in [0.2, 0.25) is 10.0 Å². The van der Waals surface area contributed by atoms with Gasteiger partial charge in [0.15, 0.2) is 0 Å². The molecule has 0 radical (unpaired) electrons. The fourth-order valence-electron chi connectivity index (χ4n) is 1.41. The largest absolute Gasteiger partial charge is 0.433 e. The van der Waals surface area contributed by atoms with Gasteiger partial charge in [-0.3, -0.25) is 0 Å². The van der Waals surface area contributed by atoms with Crippen molar-refractivity contribution in [1.82, 2.24) is 4.98 Å². The van der Waals surface area contributed by atoms with Crippen LogP contribution >= 0.6 is 39.1 Å². The summed E-state index contributed by atoms with van der Waals surface area (Å²) in [5, 5.41) is 3.44. The highest BCUT2D eigenvalue weighted by atomic mass is 79.9. The van der Waals surface area contributed by atoms with Gasteiger partial charge in [0.05, 0.1) is 15.2 Å². The van der Waals surface area contributed by atoms with Crippen molar-refractivity contribution in [2.45, 2.75) is 6.18 Å². The Hall–Kier alpha value is -0.980. The van der Waals surface area contributed by atoms with Crippen LogP contribution in [0.3, 0.4) is 0 Å². The number of hydrogen-bond acceptors (Lipinski definition) is 2. The first kappa shape index (κ1) is 15.4. The van der Waals surface area contributed by atoms with Gasteiger partial charge >= 0.3 is 6.18 Å². The van der Waals surface area contributed by atoms with Gasteiger partial charge in [0, 0.05) is 5.02 Å². The van der Waals surface area contributed by atoms with Crippen LogP contribution < -0.4 is 5.32 Å². The topological polar surface area (TPSA) is 24.9 Å². The van der Waals surface area contributed by atoms with Crippen molar-refractivity contribution in [2.75, 3.05) is 5.32 Å². The lowest BCUT2D eigenvalue weighted by Gasteiger charge is -2.12. The number of halogens is 6. The first-order valence-electron chi connectivity index (χ1n) is 5.23. The summed E-state index contributed by atoms with van der Waals surface area (Å²) in [6.45, 7) is 0. The number of benzene rings is 1. The molecule has 0 spiro atoms. The van der Waals surface area contributed by atoms with Crippen LogP contribution in [0.5, 0.6) is 0 Å². The van der Waals surface area contributed by atoms with Crippen LogP contribution in [0, 0.1) is 0 Å². The maximum Gasteiger partial charge on any atom is 0.433 e. The van der Waals surface area contributed by atoms with Gasteiger partial charge in [-0.2, -0.15) is 13.2 Å². The highest BCUT2D eigenvalue weighted by Gasteiger charge is 2.33. The summed E-state index contributed by atoms with van der Waals surface area (Å²) in [5.74, 6) is 0.0176. The predicted molar refractivity (Wildman–Crippen MR) is 76.7 cm³/mol. The van der Waals surface area contributed by atoms with Crippen molar-refractivity contribution >= 4 is 50.6 Å². The molecule has 2 rings (SSSR count). The second kappa shape index (κ2) is 5.79. The molecule has 20 heavy (non-hydrogen) atoms. The molecule has 0 aliphatic rings. The molecule has 1 aromatic heterocycles. The first-order chi connectivity index (χ1) is 9.27. The predicted octanol–water partition coefficient (Wildman–Crippen LogP) is 5.91. The van der Waals surface area contributed by atoms with Gasteiger partial charge < -0.3 is 5.32 Å². The second-order valence-electron chi connectivity index (χ2n) is 3.77. The molecule has 0 unspecified atom stereocenters. The Balaban J connectivity index is 2.38. The van der Waals surface area contributed by atoms with Crippen LogP contribution in [0.4, 0.5) is 24.7 Å². The van der Waals surface area contributed by atoms with E-state index in [0.29, 0.717) is 15.2 Å². The maximum absolute atomic E-state index is 12.6. The molecule has 2 nitrogen and oxygen atoms in total. The minimum atomic E-state index is -4.51. The van der Waals surface area contributed by atoms with Gasteiger partial charge in [-0.1, -0.05) is 23.2 Å². The molecule has 0 amide bonds. The summed E-state index contributed by atoms with van der Waals surface area (Å²) in [4.78, 5) is 3.53. The summed E-state index contributed by atoms with van der Waals surface area (Å²) in [5.41, 5.74) is -0.586. The van der Waals surface area contributed by atoms with Crippen molar-refractivity contribution in [1.29, 1.82) is 0 Å². The molecule has 0 fully saturated rings. The summed E-state index contributed by atoms with van der Waals surface area (Å²) < 4.78 is 38.3. The highest BCUT2D eigenvalue weighted by molar-refractivity contribution is 9.10. The van der Waals surface area contributed by atoms with E-state index in [4.69, 9.17) is 23.2 Å². The third-order valence-electron chi connectivity index (χ3n) is 2.32. The number of nitrogens with zero attached hydrogens (tertiary/aromatic N) is 1. The lowest BCUT2D eigenvalue weighted by molar-refractivity contribution is -0.141. The molecule has 1 N–H and O–H groups in total. The zero-order valence-corrected chi connectivity index (χ0v) is 12.7. The fraction of sp³-hybridized carbons (Fsp3) is 0.0833. The van der Waals surface area contributed by atoms with Gasteiger partial charge in [-0.25, -0.2) is 4.98 Å². The third kappa shape index (κ3) is 3.56. The Morgan fingerprint density at radius 3 is 2.40 bits per heavy atom. The molecule has 8 heteroatoms. The summed E-state index contributed by atoms with van der Waals surface area (Å²) in [6, 6.07) is 6.75. The molecular weight excluding hydrogens is 380 g/mol. The molecule has 0 atom stereocenters. The van der Waals surface area contributed by atoms with E-state index in [2.05, 4.69) is 26.2 Å². The van der Waals surface area contributed by atoms with E-state index in [1.54, 1.807) is 12.1 Å². The number of nitrogens with one attached hydrogen (secondary N) is 1. The Morgan fingerprint density at radius 1 is 1.10 bits per heavy atom. The minimum Gasteiger partial charge on any atom is -0.338 e. The second-order valence-corrected chi connectivity index (χ2v) is 5.47. The van der Waals surface area contributed by atoms with Gasteiger partial charge in [-0.05, 0) is 46.3 Å². The molecule has 1 heterocycles. The molecule has 0 saturated carbocycles. The van der Waals surface area contributed by atoms with Crippen LogP contribution in [0.15, 0.2) is 34.8 Å². The summed E-state index contributed by atoms with van der Waals surface area (Å²) in [6.07, 6.45) is -4.51. The van der Waals surface area contributed by atoms with E-state index in [1.807, 2.05) is 0 Å². The van der Waals surface area contributed by atoms with E-state index in [1.165, 1.54) is 12.1 Å². The Labute approximate surface area is 131 Å². The van der Waals surface area contributed by atoms with Crippen molar-refractivity contribution in [3.05, 3.63) is 50.5 Å². The monoisotopic (exact) mass is 384 g/mol. The van der Waals surface area contributed by atoms with Gasteiger partial charge in [-0.15, -0.1) is 0 Å². The molecular formula is C12H6BrCl2F3N2. The number of pyridine rings is 1. The lowest BCUT2D eigenvalue weighted by atomic mass is 10.3. The summed E-state index contributed by atoms with van der Waals surface area (Å²) >= 11 is 14.8. The van der Waals surface area contributed by atoms with Gasteiger partial charge in [0.1, 0.15) is 11.5 Å². The van der Waals surface area contributed by atoms with Gasteiger partial charge in [0.25, 0.3) is 0 Å². The summed E-state index contributed by atoms with van der Waals surface area (Å²) in [7, 11) is 0. The molecule has 2 aromatic rings. The van der Waals surface area contributed by atoms with E-state index >= 15 is 0 Å². The molecule has 0 bridgehead atoms. The standard InChI is InChI=1S/C12H6BrCl2F3N2/c13-7-2-4-10(12(16,17)18)20-11(7)19-9-3-1-6(14)5-8(9)15/h1-5H,(H,19,20). The van der Waals surface area contributed by atoms with Crippen molar-refractivity contribution in [3.8, 4) is 0 Å². The van der Waals surface area contributed by atoms with Crippen molar-refractivity contribution in [3.63, 3.8) is 0 Å². The smallest absolute Gasteiger partial charge is 0.338 e. The van der Waals surface area contributed by atoms with Crippen molar-refractivity contribution < 1.29 is 13.2 Å². The van der Waals surface area contributed by atoms with E-state index in [9.17, 15) is 13.2 Å². The average molecular weight is 386 g/mol. The third-order valence-corrected chi connectivity index (χ3v) is 3.51. The quantitative estimate of drug-likeness (QED) is 0.694. The lowest BCUT2D eigenvalue weighted by Crippen LogP contribution is -2.09. The molecule has 0 aliphatic carbocycles. The zero-order chi connectivity index (χ0) is 14.9. The maximum atomic E-state index is 12.6. The first-order valence-corrected chi connectivity index (χ1v) is 6.78. The Morgan fingerprint density at radius 2 is 1.80 bits per heavy atom. The van der Waals surface area contributed by atoms with E-state index < -0.39 is 11.9 Å². The van der Waals surface area contributed by atoms with Crippen molar-refractivity contribution in [2.24, 2.45) is 0 Å². The Kier molecular flexibility index (Phi) is 4.46. The average Bonchev–Trinajstić information content (AvgIpc) is 2.33. The highest BCUT2D eigenvalue weighted by Crippen LogP contribution is 2.34. The van der Waals surface area contributed by atoms with Crippen LogP contribution in [-0.4, -0.2) is 4.98 Å². The number of alkyl halides is 3. The number of hydrogen-bond donors (Lipinski definition) is 1. The number of anilines is 2. The number of rotatable bonds is 2. The Bertz CT molecular complexity index is 647. The van der Waals surface area contributed by atoms with Crippen LogP contribution in [0.1, 0.15) is 5.69 Å². The molecule has 106 valence electrons. The SMILES string of the molecule is FC(F)(F)c1ccc(Br)c(Nc2ccc(Cl)cc2Cl)n1. The van der Waals surface area contributed by atoms with Gasteiger partial charge in [0.2, 0.25) is 0 Å².